The molecule has 1 fully saturated rings. The van der Waals surface area contributed by atoms with Crippen molar-refractivity contribution in [3.05, 3.63) is 24.3 Å². The summed E-state index contributed by atoms with van der Waals surface area (Å²) in [6.07, 6.45) is 6.42. The van der Waals surface area contributed by atoms with Crippen molar-refractivity contribution < 1.29 is 4.74 Å². The lowest BCUT2D eigenvalue weighted by Gasteiger charge is -2.26. The van der Waals surface area contributed by atoms with Gasteiger partial charge in [0.15, 0.2) is 0 Å². The van der Waals surface area contributed by atoms with E-state index in [-0.39, 0.29) is 0 Å². The van der Waals surface area contributed by atoms with Crippen LogP contribution in [-0.4, -0.2) is 37.7 Å². The first-order valence-electron chi connectivity index (χ1n) is 8.07. The van der Waals surface area contributed by atoms with E-state index >= 15 is 0 Å². The monoisotopic (exact) mass is 276 g/mol. The molecule has 0 bridgehead atoms. The van der Waals surface area contributed by atoms with Crippen LogP contribution in [0.3, 0.4) is 0 Å². The molecule has 112 valence electrons. The van der Waals surface area contributed by atoms with Gasteiger partial charge in [-0.15, -0.1) is 0 Å². The number of nitrogens with zero attached hydrogens (tertiary/aromatic N) is 1. The van der Waals surface area contributed by atoms with Gasteiger partial charge in [-0.3, -0.25) is 0 Å². The number of ether oxygens (including phenoxy) is 1. The highest BCUT2D eigenvalue weighted by molar-refractivity contribution is 5.48. The van der Waals surface area contributed by atoms with Crippen molar-refractivity contribution in [2.24, 2.45) is 0 Å². The van der Waals surface area contributed by atoms with Gasteiger partial charge < -0.3 is 15.0 Å². The van der Waals surface area contributed by atoms with Gasteiger partial charge in [0, 0.05) is 24.8 Å². The van der Waals surface area contributed by atoms with E-state index in [2.05, 4.69) is 35.3 Å². The van der Waals surface area contributed by atoms with Crippen molar-refractivity contribution in [3.63, 3.8) is 0 Å². The first-order chi connectivity index (χ1) is 9.88. The molecule has 3 heteroatoms. The zero-order valence-electron chi connectivity index (χ0n) is 12.7. The molecule has 0 unspecified atom stereocenters. The maximum atomic E-state index is 5.73. The van der Waals surface area contributed by atoms with E-state index in [1.54, 1.807) is 0 Å². The minimum Gasteiger partial charge on any atom is -0.494 e. The Morgan fingerprint density at radius 3 is 2.85 bits per heavy atom. The van der Waals surface area contributed by atoms with Crippen LogP contribution in [0.1, 0.15) is 39.0 Å². The third kappa shape index (κ3) is 5.41. The normalized spacial score (nSPS) is 16.1. The molecule has 20 heavy (non-hydrogen) atoms. The second-order valence-corrected chi connectivity index (χ2v) is 5.56. The topological polar surface area (TPSA) is 24.5 Å². The van der Waals surface area contributed by atoms with E-state index in [9.17, 15) is 0 Å². The van der Waals surface area contributed by atoms with Crippen molar-refractivity contribution in [2.75, 3.05) is 38.1 Å². The molecule has 0 saturated carbocycles. The Kier molecular flexibility index (Phi) is 6.72. The highest BCUT2D eigenvalue weighted by Crippen LogP contribution is 2.17. The molecular formula is C17H28N2O. The molecule has 1 aromatic rings. The van der Waals surface area contributed by atoms with Crippen LogP contribution in [0, 0.1) is 0 Å². The van der Waals surface area contributed by atoms with Crippen LogP contribution >= 0.6 is 0 Å². The molecule has 1 N–H and O–H groups in total. The SMILES string of the molecule is CCCCOc1cccc(NCCN2CCCCC2)c1. The van der Waals surface area contributed by atoms with Crippen LogP contribution < -0.4 is 10.1 Å². The Labute approximate surface area is 123 Å². The van der Waals surface area contributed by atoms with Crippen LogP contribution in [-0.2, 0) is 0 Å². The van der Waals surface area contributed by atoms with E-state index in [4.69, 9.17) is 4.74 Å². The molecular weight excluding hydrogens is 248 g/mol. The molecule has 0 atom stereocenters. The van der Waals surface area contributed by atoms with Crippen molar-refractivity contribution in [3.8, 4) is 5.75 Å². The summed E-state index contributed by atoms with van der Waals surface area (Å²) in [4.78, 5) is 2.55. The Morgan fingerprint density at radius 1 is 1.20 bits per heavy atom. The van der Waals surface area contributed by atoms with Crippen LogP contribution in [0.25, 0.3) is 0 Å². The van der Waals surface area contributed by atoms with Crippen LogP contribution in [0.4, 0.5) is 5.69 Å². The van der Waals surface area contributed by atoms with Gasteiger partial charge in [-0.05, 0) is 44.5 Å². The lowest BCUT2D eigenvalue weighted by molar-refractivity contribution is 0.237. The van der Waals surface area contributed by atoms with Gasteiger partial charge in [0.2, 0.25) is 0 Å². The quantitative estimate of drug-likeness (QED) is 0.732. The Balaban J connectivity index is 1.70. The summed E-state index contributed by atoms with van der Waals surface area (Å²) in [6.45, 7) is 7.68. The number of hydrogen-bond donors (Lipinski definition) is 1. The average Bonchev–Trinajstić information content (AvgIpc) is 2.49. The third-order valence-electron chi connectivity index (χ3n) is 3.81. The fraction of sp³-hybridized carbons (Fsp3) is 0.647. The highest BCUT2D eigenvalue weighted by Gasteiger charge is 2.08. The van der Waals surface area contributed by atoms with E-state index in [1.165, 1.54) is 38.8 Å². The summed E-state index contributed by atoms with van der Waals surface area (Å²) in [5.41, 5.74) is 1.16. The molecule has 0 spiro atoms. The number of nitrogens with one attached hydrogen (secondary N) is 1. The van der Waals surface area contributed by atoms with Crippen LogP contribution in [0.2, 0.25) is 0 Å². The number of anilines is 1. The predicted molar refractivity (Wildman–Crippen MR) is 85.6 cm³/mol. The molecule has 1 aromatic carbocycles. The van der Waals surface area contributed by atoms with Crippen molar-refractivity contribution in [2.45, 2.75) is 39.0 Å². The number of benzene rings is 1. The largest absolute Gasteiger partial charge is 0.494 e. The first kappa shape index (κ1) is 15.2. The second kappa shape index (κ2) is 8.85. The van der Waals surface area contributed by atoms with E-state index < -0.39 is 0 Å². The molecule has 0 aromatic heterocycles. The molecule has 3 nitrogen and oxygen atoms in total. The molecule has 0 aliphatic carbocycles. The summed E-state index contributed by atoms with van der Waals surface area (Å²) >= 11 is 0. The van der Waals surface area contributed by atoms with Gasteiger partial charge >= 0.3 is 0 Å². The fourth-order valence-corrected chi connectivity index (χ4v) is 2.57. The van der Waals surface area contributed by atoms with E-state index in [0.717, 1.165) is 37.6 Å². The maximum Gasteiger partial charge on any atom is 0.121 e. The number of unbranched alkanes of at least 4 members (excludes halogenated alkanes) is 1. The van der Waals surface area contributed by atoms with Gasteiger partial charge in [0.25, 0.3) is 0 Å². The van der Waals surface area contributed by atoms with Crippen molar-refractivity contribution >= 4 is 5.69 Å². The van der Waals surface area contributed by atoms with Crippen molar-refractivity contribution in [1.82, 2.24) is 4.90 Å². The van der Waals surface area contributed by atoms with Crippen LogP contribution in [0.5, 0.6) is 5.75 Å². The smallest absolute Gasteiger partial charge is 0.121 e. The molecule has 1 aliphatic rings. The van der Waals surface area contributed by atoms with Crippen LogP contribution in [0.15, 0.2) is 24.3 Å². The maximum absolute atomic E-state index is 5.73. The van der Waals surface area contributed by atoms with Gasteiger partial charge in [-0.25, -0.2) is 0 Å². The summed E-state index contributed by atoms with van der Waals surface area (Å²) in [7, 11) is 0. The predicted octanol–water partition coefficient (Wildman–Crippen LogP) is 3.76. The zero-order valence-corrected chi connectivity index (χ0v) is 12.7. The summed E-state index contributed by atoms with van der Waals surface area (Å²) in [5, 5.41) is 3.50. The average molecular weight is 276 g/mol. The van der Waals surface area contributed by atoms with Gasteiger partial charge in [-0.1, -0.05) is 25.8 Å². The number of rotatable bonds is 8. The molecule has 1 heterocycles. The standard InChI is InChI=1S/C17H28N2O/c1-2-3-14-20-17-9-7-8-16(15-17)18-10-13-19-11-5-4-6-12-19/h7-9,15,18H,2-6,10-14H2,1H3. The lowest BCUT2D eigenvalue weighted by Crippen LogP contribution is -2.33. The van der Waals surface area contributed by atoms with E-state index in [1.807, 2.05) is 6.07 Å². The van der Waals surface area contributed by atoms with Gasteiger partial charge in [0.05, 0.1) is 6.61 Å². The molecule has 0 amide bonds. The minimum atomic E-state index is 0.813. The zero-order chi connectivity index (χ0) is 14.0. The van der Waals surface area contributed by atoms with Gasteiger partial charge in [-0.2, -0.15) is 0 Å². The molecule has 1 saturated heterocycles. The Hall–Kier alpha value is -1.22. The minimum absolute atomic E-state index is 0.813. The number of likely N-dealkylation sites (tertiary alicyclic amines) is 1. The number of piperidine rings is 1. The summed E-state index contributed by atoms with van der Waals surface area (Å²) < 4.78 is 5.73. The van der Waals surface area contributed by atoms with Gasteiger partial charge in [0.1, 0.15) is 5.75 Å². The van der Waals surface area contributed by atoms with E-state index in [0.29, 0.717) is 0 Å². The van der Waals surface area contributed by atoms with Crippen molar-refractivity contribution in [1.29, 1.82) is 0 Å². The fourth-order valence-electron chi connectivity index (χ4n) is 2.57. The molecule has 0 radical (unpaired) electrons. The summed E-state index contributed by atoms with van der Waals surface area (Å²) in [6, 6.07) is 8.31. The first-order valence-corrected chi connectivity index (χ1v) is 8.07. The number of hydrogen-bond acceptors (Lipinski definition) is 3. The summed E-state index contributed by atoms with van der Waals surface area (Å²) in [5.74, 6) is 0.974. The molecule has 1 aliphatic heterocycles. The Bertz CT molecular complexity index is 375. The highest BCUT2D eigenvalue weighted by atomic mass is 16.5. The lowest BCUT2D eigenvalue weighted by atomic mass is 10.1. The Morgan fingerprint density at radius 2 is 2.05 bits per heavy atom. The third-order valence-corrected chi connectivity index (χ3v) is 3.81. The second-order valence-electron chi connectivity index (χ2n) is 5.56. The molecule has 2 rings (SSSR count).